The number of sulfonamides is 1. The number of nitrogens with one attached hydrogen (secondary N) is 1. The molecule has 0 aliphatic rings. The average Bonchev–Trinajstić information content (AvgIpc) is 2.75. The first kappa shape index (κ1) is 22.3. The molecule has 0 saturated heterocycles. The van der Waals surface area contributed by atoms with E-state index in [9.17, 15) is 17.6 Å². The summed E-state index contributed by atoms with van der Waals surface area (Å²) in [6.45, 7) is 0.415. The number of para-hydroxylation sites is 1. The number of carbonyl (C=O) groups excluding carboxylic acids is 1. The summed E-state index contributed by atoms with van der Waals surface area (Å²) in [5.41, 5.74) is 2.01. The van der Waals surface area contributed by atoms with Crippen LogP contribution < -0.4 is 9.46 Å². The number of rotatable bonds is 8. The Hall–Kier alpha value is -3.39. The third-order valence-corrected chi connectivity index (χ3v) is 6.11. The summed E-state index contributed by atoms with van der Waals surface area (Å²) in [5.74, 6) is 0.133. The van der Waals surface area contributed by atoms with Gasteiger partial charge in [0.1, 0.15) is 11.6 Å². The van der Waals surface area contributed by atoms with Crippen LogP contribution in [0.15, 0.2) is 77.7 Å². The van der Waals surface area contributed by atoms with Crippen LogP contribution in [0.25, 0.3) is 0 Å². The topological polar surface area (TPSA) is 75.7 Å². The van der Waals surface area contributed by atoms with Crippen molar-refractivity contribution in [1.82, 2.24) is 4.90 Å². The lowest BCUT2D eigenvalue weighted by molar-refractivity contribution is -0.129. The number of hydrogen-bond donors (Lipinski definition) is 1. The molecule has 0 unspecified atom stereocenters. The number of benzene rings is 3. The van der Waals surface area contributed by atoms with E-state index in [0.29, 0.717) is 12.2 Å². The van der Waals surface area contributed by atoms with Crippen LogP contribution >= 0.6 is 0 Å². The van der Waals surface area contributed by atoms with Crippen molar-refractivity contribution in [3.8, 4) is 5.75 Å². The molecule has 0 fully saturated rings. The highest BCUT2D eigenvalue weighted by molar-refractivity contribution is 7.92. The zero-order valence-corrected chi connectivity index (χ0v) is 18.0. The number of anilines is 1. The van der Waals surface area contributed by atoms with Gasteiger partial charge in [-0.05, 0) is 48.0 Å². The van der Waals surface area contributed by atoms with Crippen molar-refractivity contribution in [2.24, 2.45) is 0 Å². The van der Waals surface area contributed by atoms with Crippen LogP contribution in [0.1, 0.15) is 11.1 Å². The van der Waals surface area contributed by atoms with Gasteiger partial charge in [0.2, 0.25) is 5.91 Å². The van der Waals surface area contributed by atoms with Gasteiger partial charge in [0.05, 0.1) is 18.4 Å². The first-order valence-electron chi connectivity index (χ1n) is 9.51. The molecule has 3 aromatic rings. The molecule has 0 aromatic heterocycles. The van der Waals surface area contributed by atoms with E-state index in [4.69, 9.17) is 4.74 Å². The second-order valence-electron chi connectivity index (χ2n) is 6.99. The van der Waals surface area contributed by atoms with Gasteiger partial charge in [-0.1, -0.05) is 30.3 Å². The van der Waals surface area contributed by atoms with E-state index in [2.05, 4.69) is 4.72 Å². The number of methoxy groups -OCH3 is 1. The molecule has 0 atom stereocenters. The maximum atomic E-state index is 13.0. The fourth-order valence-electron chi connectivity index (χ4n) is 3.01. The Balaban J connectivity index is 1.62. The van der Waals surface area contributed by atoms with Gasteiger partial charge < -0.3 is 9.64 Å². The minimum absolute atomic E-state index is 0.0360. The number of ether oxygens (including phenoxy) is 1. The van der Waals surface area contributed by atoms with E-state index in [1.807, 2.05) is 24.3 Å². The van der Waals surface area contributed by atoms with E-state index < -0.39 is 15.8 Å². The molecule has 6 nitrogen and oxygen atoms in total. The van der Waals surface area contributed by atoms with Crippen molar-refractivity contribution in [3.05, 3.63) is 89.7 Å². The average molecular weight is 443 g/mol. The Morgan fingerprint density at radius 1 is 1.00 bits per heavy atom. The predicted molar refractivity (Wildman–Crippen MR) is 117 cm³/mol. The fraction of sp³-hybridized carbons (Fsp3) is 0.174. The number of likely N-dealkylation sites (N-methyl/N-ethyl adjacent to an activating group) is 1. The van der Waals surface area contributed by atoms with Crippen molar-refractivity contribution in [2.45, 2.75) is 17.9 Å². The quantitative estimate of drug-likeness (QED) is 0.575. The van der Waals surface area contributed by atoms with Crippen LogP contribution in [0.5, 0.6) is 5.75 Å². The Morgan fingerprint density at radius 2 is 1.65 bits per heavy atom. The third-order valence-electron chi connectivity index (χ3n) is 4.71. The van der Waals surface area contributed by atoms with Crippen molar-refractivity contribution in [1.29, 1.82) is 0 Å². The van der Waals surface area contributed by atoms with Gasteiger partial charge >= 0.3 is 0 Å². The maximum Gasteiger partial charge on any atom is 0.261 e. The normalized spacial score (nSPS) is 11.1. The number of nitrogens with zero attached hydrogens (tertiary/aromatic N) is 1. The van der Waals surface area contributed by atoms with Gasteiger partial charge in [0, 0.05) is 24.8 Å². The molecular weight excluding hydrogens is 419 g/mol. The molecular formula is C23H23FN2O4S. The van der Waals surface area contributed by atoms with E-state index in [-0.39, 0.29) is 17.2 Å². The molecule has 0 radical (unpaired) electrons. The molecule has 1 amide bonds. The standard InChI is InChI=1S/C23H23FN2O4S/c1-26(16-18-5-3-4-6-22(18)30-2)23(27)15-17-7-11-20(12-8-17)25-31(28,29)21-13-9-19(24)10-14-21/h3-14,25H,15-16H2,1-2H3. The van der Waals surface area contributed by atoms with Gasteiger partial charge in [-0.15, -0.1) is 0 Å². The summed E-state index contributed by atoms with van der Waals surface area (Å²) in [6.07, 6.45) is 0.177. The molecule has 162 valence electrons. The molecule has 1 N–H and O–H groups in total. The molecule has 3 rings (SSSR count). The summed E-state index contributed by atoms with van der Waals surface area (Å²) >= 11 is 0. The predicted octanol–water partition coefficient (Wildman–Crippen LogP) is 3.84. The van der Waals surface area contributed by atoms with Crippen molar-refractivity contribution >= 4 is 21.6 Å². The molecule has 31 heavy (non-hydrogen) atoms. The van der Waals surface area contributed by atoms with Crippen molar-refractivity contribution in [3.63, 3.8) is 0 Å². The summed E-state index contributed by atoms with van der Waals surface area (Å²) < 4.78 is 45.6. The second kappa shape index (κ2) is 9.61. The Kier molecular flexibility index (Phi) is 6.91. The molecule has 8 heteroatoms. The lowest BCUT2D eigenvalue weighted by Crippen LogP contribution is -2.27. The van der Waals surface area contributed by atoms with Gasteiger partial charge in [0.15, 0.2) is 0 Å². The Bertz CT molecular complexity index is 1150. The Labute approximate surface area is 181 Å². The molecule has 0 spiro atoms. The summed E-state index contributed by atoms with van der Waals surface area (Å²) in [5, 5.41) is 0. The highest BCUT2D eigenvalue weighted by Gasteiger charge is 2.15. The number of hydrogen-bond acceptors (Lipinski definition) is 4. The van der Waals surface area contributed by atoms with Crippen LogP contribution in [0.3, 0.4) is 0 Å². The number of halogens is 1. The highest BCUT2D eigenvalue weighted by atomic mass is 32.2. The maximum absolute atomic E-state index is 13.0. The fourth-order valence-corrected chi connectivity index (χ4v) is 4.06. The minimum Gasteiger partial charge on any atom is -0.496 e. The monoisotopic (exact) mass is 442 g/mol. The van der Waals surface area contributed by atoms with Crippen molar-refractivity contribution in [2.75, 3.05) is 18.9 Å². The number of carbonyl (C=O) groups is 1. The lowest BCUT2D eigenvalue weighted by atomic mass is 10.1. The zero-order valence-electron chi connectivity index (χ0n) is 17.2. The van der Waals surface area contributed by atoms with E-state index >= 15 is 0 Å². The molecule has 0 saturated carbocycles. The Morgan fingerprint density at radius 3 is 2.29 bits per heavy atom. The molecule has 3 aromatic carbocycles. The lowest BCUT2D eigenvalue weighted by Gasteiger charge is -2.19. The van der Waals surface area contributed by atoms with E-state index in [0.717, 1.165) is 29.0 Å². The smallest absolute Gasteiger partial charge is 0.261 e. The summed E-state index contributed by atoms with van der Waals surface area (Å²) in [7, 11) is -0.512. The van der Waals surface area contributed by atoms with Gasteiger partial charge in [-0.2, -0.15) is 0 Å². The largest absolute Gasteiger partial charge is 0.496 e. The van der Waals surface area contributed by atoms with Crippen LogP contribution in [0.2, 0.25) is 0 Å². The first-order valence-corrected chi connectivity index (χ1v) is 11.0. The molecule has 0 aliphatic heterocycles. The summed E-state index contributed by atoms with van der Waals surface area (Å²) in [6, 6.07) is 18.6. The molecule has 0 heterocycles. The van der Waals surface area contributed by atoms with Crippen LogP contribution in [-0.2, 0) is 27.8 Å². The zero-order chi connectivity index (χ0) is 22.4. The second-order valence-corrected chi connectivity index (χ2v) is 8.68. The van der Waals surface area contributed by atoms with Gasteiger partial charge in [-0.25, -0.2) is 12.8 Å². The van der Waals surface area contributed by atoms with E-state index in [1.54, 1.807) is 43.3 Å². The summed E-state index contributed by atoms with van der Waals surface area (Å²) in [4.78, 5) is 14.2. The first-order chi connectivity index (χ1) is 14.8. The third kappa shape index (κ3) is 5.82. The van der Waals surface area contributed by atoms with Crippen molar-refractivity contribution < 1.29 is 22.3 Å². The highest BCUT2D eigenvalue weighted by Crippen LogP contribution is 2.20. The van der Waals surface area contributed by atoms with Gasteiger partial charge in [-0.3, -0.25) is 9.52 Å². The van der Waals surface area contributed by atoms with Gasteiger partial charge in [0.25, 0.3) is 10.0 Å². The molecule has 0 bridgehead atoms. The molecule has 0 aliphatic carbocycles. The SMILES string of the molecule is COc1ccccc1CN(C)C(=O)Cc1ccc(NS(=O)(=O)c2ccc(F)cc2)cc1. The van der Waals surface area contributed by atoms with E-state index in [1.165, 1.54) is 12.1 Å². The van der Waals surface area contributed by atoms with Crippen LogP contribution in [0, 0.1) is 5.82 Å². The minimum atomic E-state index is -3.82. The van der Waals surface area contributed by atoms with Crippen LogP contribution in [0.4, 0.5) is 10.1 Å². The number of amides is 1. The van der Waals surface area contributed by atoms with Crippen LogP contribution in [-0.4, -0.2) is 33.4 Å².